The van der Waals surface area contributed by atoms with Crippen molar-refractivity contribution < 1.29 is 34.1 Å². The van der Waals surface area contributed by atoms with Crippen LogP contribution < -0.4 is 5.32 Å². The first-order valence-electron chi connectivity index (χ1n) is 15.6. The van der Waals surface area contributed by atoms with Crippen molar-refractivity contribution in [3.63, 3.8) is 0 Å². The molecule has 0 saturated carbocycles. The van der Waals surface area contributed by atoms with E-state index in [4.69, 9.17) is 19.7 Å². The van der Waals surface area contributed by atoms with Gasteiger partial charge in [0, 0.05) is 30.2 Å². The number of hydrogen-bond donors (Lipinski definition) is 4. The highest BCUT2D eigenvalue weighted by Crippen LogP contribution is 2.32. The van der Waals surface area contributed by atoms with Crippen LogP contribution in [0.4, 0.5) is 5.69 Å². The predicted molar refractivity (Wildman–Crippen MR) is 187 cm³/mol. The quantitative estimate of drug-likeness (QED) is 0.110. The summed E-state index contributed by atoms with van der Waals surface area (Å²) in [6.45, 7) is 7.49. The summed E-state index contributed by atoms with van der Waals surface area (Å²) >= 11 is 0. The Morgan fingerprint density at radius 3 is 1.83 bits per heavy atom. The lowest BCUT2D eigenvalue weighted by Crippen LogP contribution is -2.07. The van der Waals surface area contributed by atoms with Gasteiger partial charge in [-0.15, -0.1) is 0 Å². The maximum atomic E-state index is 10.8. The third-order valence-electron chi connectivity index (χ3n) is 6.99. The number of nitrogens with one attached hydrogen (secondary N) is 1. The second-order valence-electron chi connectivity index (χ2n) is 11.5. The fraction of sp³-hybridized carbons (Fsp3) is 0.231. The number of oxazole rings is 1. The average Bonchev–Trinajstić information content (AvgIpc) is 3.50. The maximum Gasteiger partial charge on any atom is 0.310 e. The zero-order chi connectivity index (χ0) is 35.1. The summed E-state index contributed by atoms with van der Waals surface area (Å²) in [6, 6.07) is 33.6. The van der Waals surface area contributed by atoms with Crippen LogP contribution in [0.2, 0.25) is 0 Å². The number of carbonyl (C=O) groups is 3. The standard InChI is InChI=1S/C18H15NO3.C13H18O2.C8H9NO2/c20-16(21)12-11-15-19-17(13-7-3-1-4-8-13)18(22-15)14-9-5-2-6-10-14;1-9(2)8-11-4-6-12(7-5-11)10(3)13(14)15;1-6(10)9-7-2-4-8(11)5-3-7/h1-10H,11-12H2,(H,20,21);4-7,9-10H,8H2,1-3H3,(H,14,15);2-5,11H,1H3,(H,9,10). The first-order chi connectivity index (χ1) is 22.9. The lowest BCUT2D eigenvalue weighted by atomic mass is 9.97. The molecule has 1 unspecified atom stereocenters. The Hall–Kier alpha value is -5.70. The Labute approximate surface area is 280 Å². The van der Waals surface area contributed by atoms with Crippen LogP contribution in [0.1, 0.15) is 57.1 Å². The van der Waals surface area contributed by atoms with E-state index in [9.17, 15) is 14.4 Å². The van der Waals surface area contributed by atoms with Crippen molar-refractivity contribution in [3.05, 3.63) is 126 Å². The molecule has 1 heterocycles. The van der Waals surface area contributed by atoms with Crippen LogP contribution >= 0.6 is 0 Å². The van der Waals surface area contributed by atoms with Crippen LogP contribution in [0.3, 0.4) is 0 Å². The molecule has 0 bridgehead atoms. The minimum Gasteiger partial charge on any atom is -0.508 e. The van der Waals surface area contributed by atoms with E-state index in [1.807, 2.05) is 84.9 Å². The minimum absolute atomic E-state index is 0.00295. The fourth-order valence-electron chi connectivity index (χ4n) is 4.57. The number of aryl methyl sites for hydroxylation is 1. The van der Waals surface area contributed by atoms with Gasteiger partial charge < -0.3 is 25.1 Å². The Morgan fingerprint density at radius 1 is 0.771 bits per heavy atom. The van der Waals surface area contributed by atoms with Crippen molar-refractivity contribution >= 4 is 23.5 Å². The monoisotopic (exact) mass is 650 g/mol. The van der Waals surface area contributed by atoms with Crippen molar-refractivity contribution in [1.82, 2.24) is 4.98 Å². The molecule has 250 valence electrons. The van der Waals surface area contributed by atoms with E-state index in [0.29, 0.717) is 23.3 Å². The van der Waals surface area contributed by atoms with Crippen molar-refractivity contribution in [3.8, 4) is 28.3 Å². The van der Waals surface area contributed by atoms with Gasteiger partial charge in [0.2, 0.25) is 5.91 Å². The molecule has 1 amide bonds. The molecular weight excluding hydrogens is 608 g/mol. The summed E-state index contributed by atoms with van der Waals surface area (Å²) in [5, 5.41) is 29.1. The van der Waals surface area contributed by atoms with Gasteiger partial charge in [-0.3, -0.25) is 14.4 Å². The minimum atomic E-state index is -0.860. The van der Waals surface area contributed by atoms with Crippen LogP contribution in [0.15, 0.2) is 114 Å². The van der Waals surface area contributed by atoms with E-state index in [1.165, 1.54) is 24.6 Å². The molecule has 4 aromatic carbocycles. The molecule has 0 aliphatic rings. The number of nitrogens with zero attached hydrogens (tertiary/aromatic N) is 1. The molecular formula is C39H42N2O7. The number of amides is 1. The highest BCUT2D eigenvalue weighted by molar-refractivity contribution is 5.88. The second kappa shape index (κ2) is 18.4. The molecule has 9 nitrogen and oxygen atoms in total. The molecule has 0 aliphatic carbocycles. The molecule has 0 spiro atoms. The summed E-state index contributed by atoms with van der Waals surface area (Å²) < 4.78 is 5.83. The smallest absolute Gasteiger partial charge is 0.310 e. The first kappa shape index (κ1) is 36.8. The number of carbonyl (C=O) groups excluding carboxylic acids is 1. The number of benzene rings is 4. The summed E-state index contributed by atoms with van der Waals surface area (Å²) in [6.07, 6.45) is 1.33. The number of anilines is 1. The number of phenols is 1. The topological polar surface area (TPSA) is 150 Å². The number of rotatable bonds is 10. The van der Waals surface area contributed by atoms with E-state index >= 15 is 0 Å². The molecule has 4 N–H and O–H groups in total. The molecule has 1 atom stereocenters. The molecule has 1 aromatic heterocycles. The summed E-state index contributed by atoms with van der Waals surface area (Å²) in [7, 11) is 0. The number of carboxylic acid groups (broad SMARTS) is 2. The Balaban J connectivity index is 0.000000209. The Bertz CT molecular complexity index is 1670. The summed E-state index contributed by atoms with van der Waals surface area (Å²) in [5.41, 5.74) is 5.45. The van der Waals surface area contributed by atoms with Gasteiger partial charge in [0.15, 0.2) is 11.7 Å². The van der Waals surface area contributed by atoms with Crippen LogP contribution in [0.5, 0.6) is 5.75 Å². The largest absolute Gasteiger partial charge is 0.508 e. The van der Waals surface area contributed by atoms with Gasteiger partial charge >= 0.3 is 11.9 Å². The number of hydrogen-bond acceptors (Lipinski definition) is 6. The van der Waals surface area contributed by atoms with Gasteiger partial charge in [-0.05, 0) is 54.7 Å². The average molecular weight is 651 g/mol. The highest BCUT2D eigenvalue weighted by atomic mass is 16.4. The SMILES string of the molecule is CC(=O)Nc1ccc(O)cc1.CC(C)Cc1ccc(C(C)C(=O)O)cc1.O=C(O)CCc1nc(-c2ccccc2)c(-c2ccccc2)o1. The van der Waals surface area contributed by atoms with Crippen LogP contribution in [-0.2, 0) is 27.2 Å². The molecule has 9 heteroatoms. The van der Waals surface area contributed by atoms with E-state index in [1.54, 1.807) is 19.1 Å². The zero-order valence-corrected chi connectivity index (χ0v) is 27.6. The van der Waals surface area contributed by atoms with E-state index in [-0.39, 0.29) is 24.5 Å². The van der Waals surface area contributed by atoms with Gasteiger partial charge in [0.1, 0.15) is 11.4 Å². The van der Waals surface area contributed by atoms with Gasteiger partial charge in [-0.25, -0.2) is 4.98 Å². The van der Waals surface area contributed by atoms with E-state index in [2.05, 4.69) is 24.1 Å². The molecule has 5 rings (SSSR count). The van der Waals surface area contributed by atoms with Gasteiger partial charge in [-0.2, -0.15) is 0 Å². The highest BCUT2D eigenvalue weighted by Gasteiger charge is 2.17. The normalized spacial score (nSPS) is 10.9. The van der Waals surface area contributed by atoms with Gasteiger partial charge in [0.25, 0.3) is 0 Å². The van der Waals surface area contributed by atoms with Gasteiger partial charge in [0.05, 0.1) is 12.3 Å². The lowest BCUT2D eigenvalue weighted by molar-refractivity contribution is -0.138. The lowest BCUT2D eigenvalue weighted by Gasteiger charge is -2.09. The summed E-state index contributed by atoms with van der Waals surface area (Å²) in [4.78, 5) is 36.5. The molecule has 0 aliphatic heterocycles. The van der Waals surface area contributed by atoms with Crippen molar-refractivity contribution in [2.75, 3.05) is 5.32 Å². The molecule has 0 saturated heterocycles. The third-order valence-corrected chi connectivity index (χ3v) is 6.99. The zero-order valence-electron chi connectivity index (χ0n) is 27.6. The van der Waals surface area contributed by atoms with E-state index in [0.717, 1.165) is 28.8 Å². The number of aliphatic carboxylic acids is 2. The Kier molecular flexibility index (Phi) is 14.1. The number of aromatic hydroxyl groups is 1. The molecule has 5 aromatic rings. The summed E-state index contributed by atoms with van der Waals surface area (Å²) in [5.74, 6) is -0.222. The molecule has 0 radical (unpaired) electrons. The van der Waals surface area contributed by atoms with Crippen LogP contribution in [-0.4, -0.2) is 38.1 Å². The fourth-order valence-corrected chi connectivity index (χ4v) is 4.57. The molecule has 48 heavy (non-hydrogen) atoms. The Morgan fingerprint density at radius 2 is 1.33 bits per heavy atom. The van der Waals surface area contributed by atoms with Crippen molar-refractivity contribution in [2.24, 2.45) is 5.92 Å². The van der Waals surface area contributed by atoms with Gasteiger partial charge in [-0.1, -0.05) is 98.8 Å². The van der Waals surface area contributed by atoms with Crippen molar-refractivity contribution in [1.29, 1.82) is 0 Å². The first-order valence-corrected chi connectivity index (χ1v) is 15.6. The number of aromatic nitrogens is 1. The van der Waals surface area contributed by atoms with Crippen LogP contribution in [0.25, 0.3) is 22.6 Å². The van der Waals surface area contributed by atoms with E-state index < -0.39 is 17.9 Å². The maximum absolute atomic E-state index is 10.8. The van der Waals surface area contributed by atoms with Crippen molar-refractivity contribution in [2.45, 2.75) is 52.9 Å². The molecule has 0 fully saturated rings. The third kappa shape index (κ3) is 12.2. The number of carboxylic acids is 2. The second-order valence-corrected chi connectivity index (χ2v) is 11.5. The predicted octanol–water partition coefficient (Wildman–Crippen LogP) is 8.45. The van der Waals surface area contributed by atoms with Crippen LogP contribution in [0, 0.1) is 5.92 Å². The number of phenolic OH excluding ortho intramolecular Hbond substituents is 1.